The summed E-state index contributed by atoms with van der Waals surface area (Å²) in [5.41, 5.74) is 2.50. The van der Waals surface area contributed by atoms with Crippen molar-refractivity contribution >= 4 is 11.8 Å². The van der Waals surface area contributed by atoms with Crippen molar-refractivity contribution in [1.82, 2.24) is 0 Å². The Hall–Kier alpha value is -1.38. The number of carbonyl (C=O) groups excluding carboxylic acids is 2. The molecule has 3 nitrogen and oxygen atoms in total. The van der Waals surface area contributed by atoms with Crippen molar-refractivity contribution in [2.45, 2.75) is 84.2 Å². The molecule has 23 heavy (non-hydrogen) atoms. The maximum Gasteiger partial charge on any atom is 0.312 e. The van der Waals surface area contributed by atoms with Gasteiger partial charge in [-0.25, -0.2) is 0 Å². The number of esters is 1. The van der Waals surface area contributed by atoms with Crippen molar-refractivity contribution in [2.75, 3.05) is 0 Å². The second-order valence-corrected chi connectivity index (χ2v) is 7.78. The highest BCUT2D eigenvalue weighted by atomic mass is 16.5. The van der Waals surface area contributed by atoms with E-state index in [-0.39, 0.29) is 17.9 Å². The molecule has 3 heteroatoms. The van der Waals surface area contributed by atoms with Gasteiger partial charge in [0.1, 0.15) is 6.10 Å². The summed E-state index contributed by atoms with van der Waals surface area (Å²) in [7, 11) is 0. The van der Waals surface area contributed by atoms with E-state index in [2.05, 4.69) is 6.92 Å². The highest BCUT2D eigenvalue weighted by molar-refractivity contribution is 6.09. The third kappa shape index (κ3) is 3.44. The summed E-state index contributed by atoms with van der Waals surface area (Å²) in [6.07, 6.45) is 11.8. The zero-order valence-corrected chi connectivity index (χ0v) is 14.5. The van der Waals surface area contributed by atoms with Gasteiger partial charge in [0, 0.05) is 0 Å². The summed E-state index contributed by atoms with van der Waals surface area (Å²) >= 11 is 0. The van der Waals surface area contributed by atoms with Crippen LogP contribution in [0.1, 0.15) is 78.1 Å². The molecule has 0 bridgehead atoms. The first kappa shape index (κ1) is 16.5. The van der Waals surface area contributed by atoms with E-state index < -0.39 is 5.41 Å². The van der Waals surface area contributed by atoms with Crippen LogP contribution in [0.2, 0.25) is 0 Å². The van der Waals surface area contributed by atoms with Gasteiger partial charge in [-0.15, -0.1) is 0 Å². The highest BCUT2D eigenvalue weighted by Gasteiger charge is 2.42. The summed E-state index contributed by atoms with van der Waals surface area (Å²) < 4.78 is 5.76. The molecular formula is C20H28O3. The van der Waals surface area contributed by atoms with Gasteiger partial charge in [-0.05, 0) is 82.8 Å². The molecule has 0 aliphatic heterocycles. The quantitative estimate of drug-likeness (QED) is 0.709. The Bertz CT molecular complexity index is 563. The van der Waals surface area contributed by atoms with Gasteiger partial charge >= 0.3 is 5.97 Å². The molecule has 3 rings (SSSR count). The van der Waals surface area contributed by atoms with Crippen molar-refractivity contribution in [1.29, 1.82) is 0 Å². The molecule has 0 aromatic carbocycles. The summed E-state index contributed by atoms with van der Waals surface area (Å²) in [5, 5.41) is 0. The van der Waals surface area contributed by atoms with Gasteiger partial charge in [-0.2, -0.15) is 0 Å². The molecule has 0 radical (unpaired) electrons. The molecule has 0 aromatic heterocycles. The maximum absolute atomic E-state index is 12.7. The summed E-state index contributed by atoms with van der Waals surface area (Å²) in [6, 6.07) is 0. The van der Waals surface area contributed by atoms with Crippen molar-refractivity contribution in [2.24, 2.45) is 5.41 Å². The van der Waals surface area contributed by atoms with E-state index in [1.165, 1.54) is 12.0 Å². The van der Waals surface area contributed by atoms with Gasteiger partial charge in [0.25, 0.3) is 0 Å². The molecule has 0 spiro atoms. The van der Waals surface area contributed by atoms with Crippen molar-refractivity contribution in [3.05, 3.63) is 22.8 Å². The fourth-order valence-electron chi connectivity index (χ4n) is 4.11. The first-order valence-electron chi connectivity index (χ1n) is 9.13. The topological polar surface area (TPSA) is 43.4 Å². The van der Waals surface area contributed by atoms with Crippen LogP contribution in [0.25, 0.3) is 0 Å². The van der Waals surface area contributed by atoms with Crippen LogP contribution in [0, 0.1) is 5.41 Å². The minimum atomic E-state index is -0.546. The first-order chi connectivity index (χ1) is 11.0. The molecule has 0 aromatic rings. The molecular weight excluding hydrogens is 288 g/mol. The first-order valence-corrected chi connectivity index (χ1v) is 9.13. The number of Topliss-reactive ketones (excluding diaryl/α,β-unsaturated/α-hetero) is 1. The average molecular weight is 316 g/mol. The summed E-state index contributed by atoms with van der Waals surface area (Å²) in [6.45, 7) is 4.01. The number of carbonyl (C=O) groups is 2. The zero-order chi connectivity index (χ0) is 16.4. The summed E-state index contributed by atoms with van der Waals surface area (Å²) in [4.78, 5) is 25.3. The second kappa shape index (κ2) is 6.62. The minimum Gasteiger partial charge on any atom is -0.462 e. The summed E-state index contributed by atoms with van der Waals surface area (Å²) in [5.74, 6) is 0.0646. The van der Waals surface area contributed by atoms with Gasteiger partial charge in [0.05, 0.1) is 5.41 Å². The average Bonchev–Trinajstić information content (AvgIpc) is 3.15. The lowest BCUT2D eigenvalue weighted by atomic mass is 9.85. The van der Waals surface area contributed by atoms with Crippen molar-refractivity contribution < 1.29 is 14.3 Å². The zero-order valence-electron chi connectivity index (χ0n) is 14.5. The Morgan fingerprint density at radius 1 is 1.13 bits per heavy atom. The van der Waals surface area contributed by atoms with E-state index >= 15 is 0 Å². The fraction of sp³-hybridized carbons (Fsp3) is 0.700. The molecule has 126 valence electrons. The van der Waals surface area contributed by atoms with Crippen LogP contribution in [0.3, 0.4) is 0 Å². The van der Waals surface area contributed by atoms with Crippen LogP contribution in [-0.4, -0.2) is 17.9 Å². The van der Waals surface area contributed by atoms with E-state index in [0.717, 1.165) is 56.1 Å². The predicted molar refractivity (Wildman–Crippen MR) is 89.9 cm³/mol. The lowest BCUT2D eigenvalue weighted by Gasteiger charge is -2.28. The number of ether oxygens (including phenoxy) is 1. The predicted octanol–water partition coefficient (Wildman–Crippen LogP) is 4.66. The minimum absolute atomic E-state index is 0.0904. The molecule has 1 saturated carbocycles. The van der Waals surface area contributed by atoms with Gasteiger partial charge in [-0.3, -0.25) is 9.59 Å². The third-order valence-corrected chi connectivity index (χ3v) is 5.76. The number of rotatable bonds is 4. The van der Waals surface area contributed by atoms with Gasteiger partial charge in [0.15, 0.2) is 5.78 Å². The Kier molecular flexibility index (Phi) is 4.74. The van der Waals surface area contributed by atoms with Crippen LogP contribution < -0.4 is 0 Å². The number of ketones is 1. The normalized spacial score (nSPS) is 28.9. The molecule has 0 heterocycles. The lowest BCUT2D eigenvalue weighted by Crippen LogP contribution is -2.32. The monoisotopic (exact) mass is 316 g/mol. The van der Waals surface area contributed by atoms with E-state index in [0.29, 0.717) is 12.8 Å². The van der Waals surface area contributed by atoms with Crippen molar-refractivity contribution in [3.8, 4) is 0 Å². The second-order valence-electron chi connectivity index (χ2n) is 7.78. The van der Waals surface area contributed by atoms with E-state index in [1.807, 2.05) is 13.0 Å². The van der Waals surface area contributed by atoms with E-state index in [4.69, 9.17) is 4.74 Å². The van der Waals surface area contributed by atoms with Crippen LogP contribution in [0.5, 0.6) is 0 Å². The molecule has 0 amide bonds. The molecule has 3 aliphatic rings. The smallest absolute Gasteiger partial charge is 0.312 e. The maximum atomic E-state index is 12.7. The molecule has 0 N–H and O–H groups in total. The number of allylic oxidation sites excluding steroid dienone is 4. The van der Waals surface area contributed by atoms with Crippen LogP contribution in [-0.2, 0) is 14.3 Å². The number of hydrogen-bond donors (Lipinski definition) is 0. The molecule has 0 unspecified atom stereocenters. The molecule has 0 saturated heterocycles. The molecule has 3 aliphatic carbocycles. The van der Waals surface area contributed by atoms with Crippen LogP contribution >= 0.6 is 0 Å². The Balaban J connectivity index is 1.61. The molecule has 1 fully saturated rings. The SMILES string of the molecule is CC1=C(C(=O)C2=CC[C@@](C)(C(=O)OC3CCCCC3)C2)CCC1. The van der Waals surface area contributed by atoms with Crippen LogP contribution in [0.4, 0.5) is 0 Å². The van der Waals surface area contributed by atoms with E-state index in [1.54, 1.807) is 0 Å². The third-order valence-electron chi connectivity index (χ3n) is 5.76. The van der Waals surface area contributed by atoms with Gasteiger partial charge in [0.2, 0.25) is 0 Å². The highest BCUT2D eigenvalue weighted by Crippen LogP contribution is 2.41. The van der Waals surface area contributed by atoms with Gasteiger partial charge < -0.3 is 4.74 Å². The van der Waals surface area contributed by atoms with Crippen molar-refractivity contribution in [3.63, 3.8) is 0 Å². The number of hydrogen-bond acceptors (Lipinski definition) is 3. The standard InChI is InChI=1S/C20H28O3/c1-14-7-6-10-17(14)18(21)15-11-12-20(2,13-15)19(22)23-16-8-4-3-5-9-16/h11,16H,3-10,12-13H2,1-2H3/t20-/m1/s1. The molecule has 1 atom stereocenters. The Morgan fingerprint density at radius 2 is 1.87 bits per heavy atom. The Morgan fingerprint density at radius 3 is 2.52 bits per heavy atom. The largest absolute Gasteiger partial charge is 0.462 e. The van der Waals surface area contributed by atoms with E-state index in [9.17, 15) is 9.59 Å². The Labute approximate surface area is 139 Å². The van der Waals surface area contributed by atoms with Crippen LogP contribution in [0.15, 0.2) is 22.8 Å². The van der Waals surface area contributed by atoms with Gasteiger partial charge in [-0.1, -0.05) is 18.1 Å². The fourth-order valence-corrected chi connectivity index (χ4v) is 4.11. The lowest BCUT2D eigenvalue weighted by molar-refractivity contribution is -0.161.